The van der Waals surface area contributed by atoms with Crippen molar-refractivity contribution in [3.63, 3.8) is 0 Å². The van der Waals surface area contributed by atoms with Crippen molar-refractivity contribution in [2.24, 2.45) is 5.41 Å². The molecular weight excluding hydrogens is 591 g/mol. The van der Waals surface area contributed by atoms with Gasteiger partial charge in [0.15, 0.2) is 0 Å². The molecule has 7 rings (SSSR count). The molecule has 0 N–H and O–H groups in total. The summed E-state index contributed by atoms with van der Waals surface area (Å²) in [5, 5.41) is 2.63. The molecule has 0 saturated heterocycles. The van der Waals surface area contributed by atoms with Crippen LogP contribution in [0.4, 0.5) is 11.4 Å². The first kappa shape index (κ1) is 33.2. The molecule has 5 aromatic rings. The summed E-state index contributed by atoms with van der Waals surface area (Å²) < 4.78 is 0. The number of allylic oxidation sites excluding steroid dienone is 3. The number of hydrogen-bond donors (Lipinski definition) is 0. The van der Waals surface area contributed by atoms with E-state index in [0.29, 0.717) is 0 Å². The molecule has 5 aromatic carbocycles. The Bertz CT molecular complexity index is 2150. The van der Waals surface area contributed by atoms with E-state index in [1.165, 1.54) is 77.8 Å². The lowest BCUT2D eigenvalue weighted by molar-refractivity contribution is 0.516. The van der Waals surface area contributed by atoms with Crippen LogP contribution in [0.5, 0.6) is 0 Å². The van der Waals surface area contributed by atoms with Crippen LogP contribution in [0, 0.1) is 5.41 Å². The van der Waals surface area contributed by atoms with Crippen molar-refractivity contribution in [1.82, 2.24) is 0 Å². The fourth-order valence-electron chi connectivity index (χ4n) is 8.53. The summed E-state index contributed by atoms with van der Waals surface area (Å²) in [6.07, 6.45) is 6.93. The molecule has 1 heteroatoms. The van der Waals surface area contributed by atoms with Crippen molar-refractivity contribution < 1.29 is 0 Å². The van der Waals surface area contributed by atoms with Crippen molar-refractivity contribution in [2.75, 3.05) is 11.4 Å². The van der Waals surface area contributed by atoms with Crippen molar-refractivity contribution >= 4 is 22.1 Å². The Morgan fingerprint density at radius 2 is 1.22 bits per heavy atom. The van der Waals surface area contributed by atoms with E-state index in [2.05, 4.69) is 190 Å². The van der Waals surface area contributed by atoms with Gasteiger partial charge in [0.1, 0.15) is 0 Å². The zero-order valence-electron chi connectivity index (χ0n) is 31.5. The van der Waals surface area contributed by atoms with Gasteiger partial charge in [-0.2, -0.15) is 0 Å². The van der Waals surface area contributed by atoms with Crippen LogP contribution in [0.1, 0.15) is 104 Å². The van der Waals surface area contributed by atoms with Gasteiger partial charge in [0.2, 0.25) is 0 Å². The molecule has 2 aliphatic rings. The summed E-state index contributed by atoms with van der Waals surface area (Å²) in [6.45, 7) is 26.3. The second-order valence-electron chi connectivity index (χ2n) is 17.4. The zero-order chi connectivity index (χ0) is 35.1. The molecule has 250 valence electrons. The lowest BCUT2D eigenvalue weighted by Crippen LogP contribution is -2.20. The van der Waals surface area contributed by atoms with E-state index in [1.54, 1.807) is 0 Å². The van der Waals surface area contributed by atoms with Crippen LogP contribution in [0.2, 0.25) is 0 Å². The summed E-state index contributed by atoms with van der Waals surface area (Å²) in [5.41, 5.74) is 16.5. The molecule has 0 saturated carbocycles. The molecule has 0 aromatic heterocycles. The highest BCUT2D eigenvalue weighted by Gasteiger charge is 2.42. The summed E-state index contributed by atoms with van der Waals surface area (Å²) in [6, 6.07) is 35.0. The quantitative estimate of drug-likeness (QED) is 0.172. The first-order chi connectivity index (χ1) is 23.0. The van der Waals surface area contributed by atoms with Crippen LogP contribution >= 0.6 is 0 Å². The SMILES string of the molecule is CC=C(C=CCN(c1ccc(C(C)(C)C)cc1)c1cc2c(c3ccccc13)-c1cc3c(cc1C2(C)C)-c1ccccc1C3(C)C)C(C)(C)C. The maximum Gasteiger partial charge on any atom is 0.0496 e. The van der Waals surface area contributed by atoms with Gasteiger partial charge in [0.05, 0.1) is 0 Å². The summed E-state index contributed by atoms with van der Waals surface area (Å²) in [7, 11) is 0. The van der Waals surface area contributed by atoms with Crippen molar-refractivity contribution in [3.05, 3.63) is 143 Å². The van der Waals surface area contributed by atoms with E-state index in [-0.39, 0.29) is 21.7 Å². The molecular formula is C48H53N. The average Bonchev–Trinajstić information content (AvgIpc) is 3.42. The first-order valence-corrected chi connectivity index (χ1v) is 18.1. The van der Waals surface area contributed by atoms with Crippen LogP contribution < -0.4 is 4.90 Å². The topological polar surface area (TPSA) is 3.24 Å². The van der Waals surface area contributed by atoms with E-state index < -0.39 is 0 Å². The molecule has 2 aliphatic carbocycles. The number of fused-ring (bicyclic) bond motifs is 8. The minimum Gasteiger partial charge on any atom is -0.337 e. The summed E-state index contributed by atoms with van der Waals surface area (Å²) in [5.74, 6) is 0. The maximum absolute atomic E-state index is 2.54. The average molecular weight is 644 g/mol. The molecule has 0 fully saturated rings. The number of benzene rings is 5. The molecule has 49 heavy (non-hydrogen) atoms. The molecule has 0 aliphatic heterocycles. The number of rotatable bonds is 5. The van der Waals surface area contributed by atoms with E-state index in [4.69, 9.17) is 0 Å². The fourth-order valence-corrected chi connectivity index (χ4v) is 8.53. The summed E-state index contributed by atoms with van der Waals surface area (Å²) >= 11 is 0. The monoisotopic (exact) mass is 643 g/mol. The number of anilines is 2. The van der Waals surface area contributed by atoms with E-state index in [0.717, 1.165) is 6.54 Å². The first-order valence-electron chi connectivity index (χ1n) is 18.1. The zero-order valence-corrected chi connectivity index (χ0v) is 31.5. The highest BCUT2D eigenvalue weighted by molar-refractivity contribution is 6.09. The van der Waals surface area contributed by atoms with Gasteiger partial charge in [0, 0.05) is 34.1 Å². The molecule has 0 spiro atoms. The van der Waals surface area contributed by atoms with Gasteiger partial charge >= 0.3 is 0 Å². The van der Waals surface area contributed by atoms with Crippen molar-refractivity contribution in [2.45, 2.75) is 92.4 Å². The molecule has 0 amide bonds. The van der Waals surface area contributed by atoms with Gasteiger partial charge in [-0.25, -0.2) is 0 Å². The Labute approximate surface area is 295 Å². The predicted octanol–water partition coefficient (Wildman–Crippen LogP) is 13.4. The Morgan fingerprint density at radius 1 is 0.633 bits per heavy atom. The van der Waals surface area contributed by atoms with Crippen LogP contribution in [0.3, 0.4) is 0 Å². The van der Waals surface area contributed by atoms with E-state index in [1.807, 2.05) is 0 Å². The third-order valence-electron chi connectivity index (χ3n) is 11.5. The van der Waals surface area contributed by atoms with Gasteiger partial charge in [-0.1, -0.05) is 148 Å². The molecule has 0 unspecified atom stereocenters. The molecule has 1 nitrogen and oxygen atoms in total. The lowest BCUT2D eigenvalue weighted by atomic mass is 9.79. The van der Waals surface area contributed by atoms with Crippen LogP contribution in [-0.4, -0.2) is 6.54 Å². The normalized spacial score (nSPS) is 16.1. The van der Waals surface area contributed by atoms with Gasteiger partial charge in [-0.15, -0.1) is 0 Å². The summed E-state index contributed by atoms with van der Waals surface area (Å²) in [4.78, 5) is 2.53. The largest absolute Gasteiger partial charge is 0.337 e. The Hall–Kier alpha value is -4.36. The third kappa shape index (κ3) is 5.29. The number of nitrogens with zero attached hydrogens (tertiary/aromatic N) is 1. The Balaban J connectivity index is 1.44. The third-order valence-corrected chi connectivity index (χ3v) is 11.5. The minimum absolute atomic E-state index is 0.0369. The molecule has 0 atom stereocenters. The molecule has 0 bridgehead atoms. The Kier molecular flexibility index (Phi) is 7.67. The number of hydrogen-bond acceptors (Lipinski definition) is 1. The lowest BCUT2D eigenvalue weighted by Gasteiger charge is -2.30. The molecule has 0 heterocycles. The van der Waals surface area contributed by atoms with Crippen molar-refractivity contribution in [3.8, 4) is 22.3 Å². The van der Waals surface area contributed by atoms with Crippen molar-refractivity contribution in [1.29, 1.82) is 0 Å². The fraction of sp³-hybridized carbons (Fsp3) is 0.333. The van der Waals surface area contributed by atoms with Crippen LogP contribution in [-0.2, 0) is 16.2 Å². The van der Waals surface area contributed by atoms with E-state index >= 15 is 0 Å². The maximum atomic E-state index is 2.54. The smallest absolute Gasteiger partial charge is 0.0496 e. The Morgan fingerprint density at radius 3 is 1.88 bits per heavy atom. The van der Waals surface area contributed by atoms with Gasteiger partial charge < -0.3 is 4.90 Å². The highest BCUT2D eigenvalue weighted by atomic mass is 15.1. The van der Waals surface area contributed by atoms with Gasteiger partial charge in [-0.3, -0.25) is 0 Å². The van der Waals surface area contributed by atoms with E-state index in [9.17, 15) is 0 Å². The standard InChI is InChI=1S/C48H53N/c1-12-31(45(2,3)4)18-17-27-49(33-25-23-32(24-26-33)46(5,6)7)43-30-42-44(36-21-14-13-20-35(36)43)38-29-40-37(28-41(38)48(42,10)11)34-19-15-16-22-39(34)47(40,8)9/h12-26,28-30H,27H2,1-11H3. The van der Waals surface area contributed by atoms with Gasteiger partial charge in [0.25, 0.3) is 0 Å². The second kappa shape index (κ2) is 11.3. The van der Waals surface area contributed by atoms with Gasteiger partial charge in [-0.05, 0) is 109 Å². The van der Waals surface area contributed by atoms with Crippen LogP contribution in [0.25, 0.3) is 33.0 Å². The highest BCUT2D eigenvalue weighted by Crippen LogP contribution is 2.58. The predicted molar refractivity (Wildman–Crippen MR) is 214 cm³/mol. The second-order valence-corrected chi connectivity index (χ2v) is 17.4. The molecule has 0 radical (unpaired) electrons. The van der Waals surface area contributed by atoms with Crippen LogP contribution in [0.15, 0.2) is 115 Å². The minimum atomic E-state index is -0.151.